The lowest BCUT2D eigenvalue weighted by Crippen LogP contribution is -2.54. The first kappa shape index (κ1) is 22.5. The molecule has 2 aromatic rings. The average molecular weight is 426 g/mol. The van der Waals surface area contributed by atoms with Crippen molar-refractivity contribution in [3.05, 3.63) is 59.2 Å². The Kier molecular flexibility index (Phi) is 7.39. The van der Waals surface area contributed by atoms with Gasteiger partial charge in [0.1, 0.15) is 6.04 Å². The molecule has 31 heavy (non-hydrogen) atoms. The summed E-state index contributed by atoms with van der Waals surface area (Å²) in [7, 11) is 3.22. The number of benzene rings is 2. The molecule has 1 atom stereocenters. The predicted octanol–water partition coefficient (Wildman–Crippen LogP) is 3.11. The van der Waals surface area contributed by atoms with Gasteiger partial charge in [-0.2, -0.15) is 0 Å². The van der Waals surface area contributed by atoms with Crippen molar-refractivity contribution in [2.45, 2.75) is 39.4 Å². The molecule has 0 saturated heterocycles. The van der Waals surface area contributed by atoms with E-state index in [1.54, 1.807) is 19.1 Å². The van der Waals surface area contributed by atoms with E-state index >= 15 is 0 Å². The van der Waals surface area contributed by atoms with Crippen molar-refractivity contribution in [2.24, 2.45) is 5.92 Å². The van der Waals surface area contributed by atoms with E-state index in [0.29, 0.717) is 31.1 Å². The SMILES string of the molecule is COc1cc2c(cc1OC)CN(C(=O)[C@H](NC(=O)NCc1ccccc1)C(C)C)CC2. The van der Waals surface area contributed by atoms with Gasteiger partial charge in [0, 0.05) is 19.6 Å². The second-order valence-corrected chi connectivity index (χ2v) is 8.02. The maximum absolute atomic E-state index is 13.3. The first-order chi connectivity index (χ1) is 14.9. The smallest absolute Gasteiger partial charge is 0.315 e. The van der Waals surface area contributed by atoms with Crippen LogP contribution >= 0.6 is 0 Å². The van der Waals surface area contributed by atoms with Crippen LogP contribution in [0.1, 0.15) is 30.5 Å². The molecule has 0 spiro atoms. The van der Waals surface area contributed by atoms with Gasteiger partial charge < -0.3 is 25.0 Å². The van der Waals surface area contributed by atoms with E-state index in [4.69, 9.17) is 9.47 Å². The Labute approximate surface area is 183 Å². The first-order valence-corrected chi connectivity index (χ1v) is 10.5. The maximum atomic E-state index is 13.3. The third kappa shape index (κ3) is 5.48. The van der Waals surface area contributed by atoms with Gasteiger partial charge in [0.15, 0.2) is 11.5 Å². The molecule has 3 rings (SSSR count). The molecule has 3 amide bonds. The zero-order valence-electron chi connectivity index (χ0n) is 18.6. The van der Waals surface area contributed by atoms with Crippen LogP contribution in [0.2, 0.25) is 0 Å². The summed E-state index contributed by atoms with van der Waals surface area (Å²) in [5.41, 5.74) is 3.19. The van der Waals surface area contributed by atoms with E-state index in [0.717, 1.165) is 23.1 Å². The van der Waals surface area contributed by atoms with E-state index in [-0.39, 0.29) is 17.9 Å². The average Bonchev–Trinajstić information content (AvgIpc) is 2.79. The second kappa shape index (κ2) is 10.2. The van der Waals surface area contributed by atoms with E-state index in [1.807, 2.05) is 56.3 Å². The summed E-state index contributed by atoms with van der Waals surface area (Å²) in [6.07, 6.45) is 0.729. The van der Waals surface area contributed by atoms with Crippen LogP contribution < -0.4 is 20.1 Å². The number of ether oxygens (including phenoxy) is 2. The lowest BCUT2D eigenvalue weighted by Gasteiger charge is -2.33. The molecule has 1 aliphatic rings. The highest BCUT2D eigenvalue weighted by Gasteiger charge is 2.31. The van der Waals surface area contributed by atoms with Crippen molar-refractivity contribution in [1.29, 1.82) is 0 Å². The molecule has 1 aliphatic heterocycles. The number of nitrogens with zero attached hydrogens (tertiary/aromatic N) is 1. The molecule has 7 nitrogen and oxygen atoms in total. The molecule has 0 bridgehead atoms. The van der Waals surface area contributed by atoms with E-state index < -0.39 is 6.04 Å². The van der Waals surface area contributed by atoms with E-state index in [2.05, 4.69) is 10.6 Å². The van der Waals surface area contributed by atoms with Crippen molar-refractivity contribution in [1.82, 2.24) is 15.5 Å². The molecule has 1 heterocycles. The normalized spacial score (nSPS) is 13.9. The third-order valence-corrected chi connectivity index (χ3v) is 5.54. The third-order valence-electron chi connectivity index (χ3n) is 5.54. The maximum Gasteiger partial charge on any atom is 0.315 e. The Morgan fingerprint density at radius 1 is 1.03 bits per heavy atom. The fourth-order valence-electron chi connectivity index (χ4n) is 3.75. The minimum Gasteiger partial charge on any atom is -0.493 e. The highest BCUT2D eigenvalue weighted by Crippen LogP contribution is 2.33. The molecule has 0 aromatic heterocycles. The highest BCUT2D eigenvalue weighted by molar-refractivity contribution is 5.87. The number of carbonyl (C=O) groups is 2. The van der Waals surface area contributed by atoms with Crippen LogP contribution in [0.4, 0.5) is 4.79 Å². The van der Waals surface area contributed by atoms with E-state index in [9.17, 15) is 9.59 Å². The van der Waals surface area contributed by atoms with Gasteiger partial charge in [-0.3, -0.25) is 4.79 Å². The Hall–Kier alpha value is -3.22. The number of fused-ring (bicyclic) bond motifs is 1. The minimum absolute atomic E-state index is 0.0400. The van der Waals surface area contributed by atoms with Gasteiger partial charge in [0.05, 0.1) is 14.2 Å². The molecule has 7 heteroatoms. The lowest BCUT2D eigenvalue weighted by molar-refractivity contribution is -0.135. The number of rotatable bonds is 7. The number of urea groups is 1. The number of methoxy groups -OCH3 is 2. The Bertz CT molecular complexity index is 915. The van der Waals surface area contributed by atoms with E-state index in [1.165, 1.54) is 0 Å². The summed E-state index contributed by atoms with van der Waals surface area (Å²) in [6, 6.07) is 12.6. The molecule has 0 fully saturated rings. The van der Waals surface area contributed by atoms with Crippen molar-refractivity contribution in [2.75, 3.05) is 20.8 Å². The Balaban J connectivity index is 1.65. The van der Waals surface area contributed by atoms with Gasteiger partial charge in [-0.25, -0.2) is 4.79 Å². The van der Waals surface area contributed by atoms with Gasteiger partial charge in [-0.05, 0) is 41.2 Å². The van der Waals surface area contributed by atoms with Crippen LogP contribution in [0.15, 0.2) is 42.5 Å². The fraction of sp³-hybridized carbons (Fsp3) is 0.417. The summed E-state index contributed by atoms with van der Waals surface area (Å²) in [5.74, 6) is 1.22. The Morgan fingerprint density at radius 3 is 2.29 bits per heavy atom. The van der Waals surface area contributed by atoms with Crippen LogP contribution in [-0.2, 0) is 24.3 Å². The number of hydrogen-bond acceptors (Lipinski definition) is 4. The van der Waals surface area contributed by atoms with Crippen LogP contribution in [0.25, 0.3) is 0 Å². The predicted molar refractivity (Wildman–Crippen MR) is 119 cm³/mol. The molecule has 0 unspecified atom stereocenters. The number of carbonyl (C=O) groups excluding carboxylic acids is 2. The van der Waals surface area contributed by atoms with Gasteiger partial charge in [-0.15, -0.1) is 0 Å². The van der Waals surface area contributed by atoms with Crippen LogP contribution in [0, 0.1) is 5.92 Å². The van der Waals surface area contributed by atoms with Crippen LogP contribution in [-0.4, -0.2) is 43.6 Å². The molecule has 0 saturated carbocycles. The fourth-order valence-corrected chi connectivity index (χ4v) is 3.75. The zero-order valence-corrected chi connectivity index (χ0v) is 18.6. The van der Waals surface area contributed by atoms with Crippen LogP contribution in [0.3, 0.4) is 0 Å². The first-order valence-electron chi connectivity index (χ1n) is 10.5. The molecule has 0 radical (unpaired) electrons. The number of hydrogen-bond donors (Lipinski definition) is 2. The van der Waals surface area contributed by atoms with Gasteiger partial charge >= 0.3 is 6.03 Å². The summed E-state index contributed by atoms with van der Waals surface area (Å²) in [5, 5.41) is 5.70. The molecule has 2 aromatic carbocycles. The quantitative estimate of drug-likeness (QED) is 0.714. The lowest BCUT2D eigenvalue weighted by atomic mass is 9.96. The largest absolute Gasteiger partial charge is 0.493 e. The van der Waals surface area contributed by atoms with Crippen molar-refractivity contribution < 1.29 is 19.1 Å². The minimum atomic E-state index is -0.600. The summed E-state index contributed by atoms with van der Waals surface area (Å²) in [6.45, 7) is 5.35. The standard InChI is InChI=1S/C24H31N3O4/c1-16(2)22(26-24(29)25-14-17-8-6-5-7-9-17)23(28)27-11-10-18-12-20(30-3)21(31-4)13-19(18)15-27/h5-9,12-13,16,22H,10-11,14-15H2,1-4H3,(H2,25,26,29)/t22-/m1/s1. The van der Waals surface area contributed by atoms with Gasteiger partial charge in [-0.1, -0.05) is 44.2 Å². The van der Waals surface area contributed by atoms with Crippen LogP contribution in [0.5, 0.6) is 11.5 Å². The van der Waals surface area contributed by atoms with Crippen molar-refractivity contribution in [3.63, 3.8) is 0 Å². The highest BCUT2D eigenvalue weighted by atomic mass is 16.5. The zero-order chi connectivity index (χ0) is 22.4. The molecule has 2 N–H and O–H groups in total. The summed E-state index contributed by atoms with van der Waals surface area (Å²) >= 11 is 0. The van der Waals surface area contributed by atoms with Crippen molar-refractivity contribution in [3.8, 4) is 11.5 Å². The number of nitrogens with one attached hydrogen (secondary N) is 2. The number of amides is 3. The summed E-state index contributed by atoms with van der Waals surface area (Å²) in [4.78, 5) is 27.5. The molecular weight excluding hydrogens is 394 g/mol. The van der Waals surface area contributed by atoms with Gasteiger partial charge in [0.2, 0.25) is 5.91 Å². The molecule has 0 aliphatic carbocycles. The Morgan fingerprint density at radius 2 is 1.68 bits per heavy atom. The molecule has 166 valence electrons. The second-order valence-electron chi connectivity index (χ2n) is 8.02. The summed E-state index contributed by atoms with van der Waals surface area (Å²) < 4.78 is 10.8. The topological polar surface area (TPSA) is 79.9 Å². The molecular formula is C24H31N3O4. The monoisotopic (exact) mass is 425 g/mol. The van der Waals surface area contributed by atoms with Gasteiger partial charge in [0.25, 0.3) is 0 Å². The van der Waals surface area contributed by atoms with Crippen molar-refractivity contribution >= 4 is 11.9 Å².